The number of ether oxygens (including phenoxy) is 2. The highest BCUT2D eigenvalue weighted by atomic mass is 35.5. The van der Waals surface area contributed by atoms with E-state index in [-0.39, 0.29) is 12.0 Å². The molecule has 0 bridgehead atoms. The normalized spacial score (nSPS) is 21.1. The predicted octanol–water partition coefficient (Wildman–Crippen LogP) is 4.37. The van der Waals surface area contributed by atoms with Crippen LogP contribution in [0.1, 0.15) is 24.0 Å². The summed E-state index contributed by atoms with van der Waals surface area (Å²) >= 11 is 6.11. The molecule has 2 fully saturated rings. The second-order valence-electron chi connectivity index (χ2n) is 8.13. The summed E-state index contributed by atoms with van der Waals surface area (Å²) in [5.41, 5.74) is 1.03. The molecule has 30 heavy (non-hydrogen) atoms. The van der Waals surface area contributed by atoms with Crippen LogP contribution in [0.5, 0.6) is 5.75 Å². The molecule has 0 aromatic heterocycles. The van der Waals surface area contributed by atoms with Gasteiger partial charge >= 0.3 is 5.97 Å². The fraction of sp³-hybridized carbons (Fsp3) is 0.435. The third kappa shape index (κ3) is 4.31. The molecule has 0 aliphatic carbocycles. The summed E-state index contributed by atoms with van der Waals surface area (Å²) in [6.07, 6.45) is 1.54. The van der Waals surface area contributed by atoms with Gasteiger partial charge in [0.1, 0.15) is 18.2 Å². The standard InChI is InChI=1S/C23H25ClFNO4/c24-19-5-3-6-20(25)17(19)14-30-21-7-2-1-4-16(21)12-26-13-18(22(27)28)23(15-26)8-10-29-11-9-23/h1-7,18H,8-15H2,(H,27,28). The summed E-state index contributed by atoms with van der Waals surface area (Å²) in [6.45, 7) is 3.06. The van der Waals surface area contributed by atoms with Gasteiger partial charge in [0, 0.05) is 49.4 Å². The van der Waals surface area contributed by atoms with Gasteiger partial charge in [-0.05, 0) is 31.0 Å². The van der Waals surface area contributed by atoms with Crippen LogP contribution in [-0.2, 0) is 22.7 Å². The van der Waals surface area contributed by atoms with Gasteiger partial charge in [-0.2, -0.15) is 0 Å². The summed E-state index contributed by atoms with van der Waals surface area (Å²) in [5.74, 6) is -0.883. The van der Waals surface area contributed by atoms with Crippen LogP contribution in [0.2, 0.25) is 5.02 Å². The first-order valence-electron chi connectivity index (χ1n) is 10.1. The van der Waals surface area contributed by atoms with E-state index < -0.39 is 17.7 Å². The highest BCUT2D eigenvalue weighted by molar-refractivity contribution is 6.31. The molecule has 5 nitrogen and oxygen atoms in total. The van der Waals surface area contributed by atoms with E-state index in [0.717, 1.165) is 24.9 Å². The number of nitrogens with zero attached hydrogens (tertiary/aromatic N) is 1. The minimum atomic E-state index is -0.738. The Bertz CT molecular complexity index is 896. The van der Waals surface area contributed by atoms with E-state index in [1.54, 1.807) is 12.1 Å². The zero-order valence-corrected chi connectivity index (χ0v) is 17.4. The molecule has 2 heterocycles. The van der Waals surface area contributed by atoms with Crippen molar-refractivity contribution in [2.45, 2.75) is 26.0 Å². The van der Waals surface area contributed by atoms with Crippen molar-refractivity contribution in [2.75, 3.05) is 26.3 Å². The average molecular weight is 434 g/mol. The molecular formula is C23H25ClFNO4. The van der Waals surface area contributed by atoms with Gasteiger partial charge in [-0.25, -0.2) is 4.39 Å². The molecule has 4 rings (SSSR count). The zero-order valence-electron chi connectivity index (χ0n) is 16.7. The van der Waals surface area contributed by atoms with Crippen LogP contribution in [0.4, 0.5) is 4.39 Å². The van der Waals surface area contributed by atoms with Crippen molar-refractivity contribution in [3.63, 3.8) is 0 Å². The smallest absolute Gasteiger partial charge is 0.308 e. The molecule has 7 heteroatoms. The van der Waals surface area contributed by atoms with Crippen LogP contribution < -0.4 is 4.74 Å². The zero-order chi connectivity index (χ0) is 21.1. The Morgan fingerprint density at radius 3 is 2.73 bits per heavy atom. The van der Waals surface area contributed by atoms with Gasteiger partial charge in [0.15, 0.2) is 0 Å². The molecule has 1 atom stereocenters. The van der Waals surface area contributed by atoms with Gasteiger partial charge in [0.2, 0.25) is 0 Å². The second-order valence-corrected chi connectivity index (χ2v) is 8.54. The van der Waals surface area contributed by atoms with Crippen LogP contribution in [0.3, 0.4) is 0 Å². The second kappa shape index (κ2) is 8.92. The number of halogens is 2. The fourth-order valence-electron chi connectivity index (χ4n) is 4.65. The van der Waals surface area contributed by atoms with Gasteiger partial charge in [0.05, 0.1) is 10.9 Å². The van der Waals surface area contributed by atoms with Crippen LogP contribution in [0, 0.1) is 17.2 Å². The molecular weight excluding hydrogens is 409 g/mol. The summed E-state index contributed by atoms with van der Waals surface area (Å²) in [7, 11) is 0. The van der Waals surface area contributed by atoms with Crippen molar-refractivity contribution in [1.29, 1.82) is 0 Å². The van der Waals surface area contributed by atoms with Gasteiger partial charge in [-0.1, -0.05) is 35.9 Å². The Morgan fingerprint density at radius 1 is 1.23 bits per heavy atom. The molecule has 0 amide bonds. The summed E-state index contributed by atoms with van der Waals surface area (Å²) < 4.78 is 25.5. The lowest BCUT2D eigenvalue weighted by atomic mass is 9.72. The van der Waals surface area contributed by atoms with Gasteiger partial charge < -0.3 is 14.6 Å². The van der Waals surface area contributed by atoms with E-state index in [9.17, 15) is 14.3 Å². The Morgan fingerprint density at radius 2 is 2.00 bits per heavy atom. The predicted molar refractivity (Wildman–Crippen MR) is 111 cm³/mol. The van der Waals surface area contributed by atoms with E-state index in [0.29, 0.717) is 42.6 Å². The first kappa shape index (κ1) is 21.1. The molecule has 1 spiro atoms. The molecule has 1 unspecified atom stereocenters. The molecule has 2 saturated heterocycles. The van der Waals surface area contributed by atoms with Gasteiger partial charge in [-0.3, -0.25) is 9.69 Å². The molecule has 160 valence electrons. The Balaban J connectivity index is 1.48. The summed E-state index contributed by atoms with van der Waals surface area (Å²) in [5, 5.41) is 10.1. The number of likely N-dealkylation sites (tertiary alicyclic amines) is 1. The molecule has 0 radical (unpaired) electrons. The Kier molecular flexibility index (Phi) is 6.27. The molecule has 2 aromatic carbocycles. The Hall–Kier alpha value is -2.15. The number of carbonyl (C=O) groups is 1. The van der Waals surface area contributed by atoms with Crippen LogP contribution in [0.15, 0.2) is 42.5 Å². The maximum absolute atomic E-state index is 14.1. The topological polar surface area (TPSA) is 59.0 Å². The number of carboxylic acid groups (broad SMARTS) is 1. The van der Waals surface area contributed by atoms with Crippen LogP contribution in [-0.4, -0.2) is 42.3 Å². The third-order valence-corrected chi connectivity index (χ3v) is 6.66. The SMILES string of the molecule is O=C(O)C1CN(Cc2ccccc2OCc2c(F)cccc2Cl)CC12CCOCC2. The quantitative estimate of drug-likeness (QED) is 0.733. The minimum absolute atomic E-state index is 0.0293. The van der Waals surface area contributed by atoms with Crippen molar-refractivity contribution in [3.8, 4) is 5.75 Å². The number of hydrogen-bond acceptors (Lipinski definition) is 4. The lowest BCUT2D eigenvalue weighted by molar-refractivity contribution is -0.147. The number of hydrogen-bond donors (Lipinski definition) is 1. The number of aliphatic carboxylic acids is 1. The number of para-hydroxylation sites is 1. The number of rotatable bonds is 6. The lowest BCUT2D eigenvalue weighted by Gasteiger charge is -2.36. The van der Waals surface area contributed by atoms with E-state index in [1.807, 2.05) is 24.3 Å². The maximum atomic E-state index is 14.1. The number of carboxylic acids is 1. The van der Waals surface area contributed by atoms with Crippen molar-refractivity contribution in [3.05, 3.63) is 64.4 Å². The first-order chi connectivity index (χ1) is 14.5. The van der Waals surface area contributed by atoms with Crippen LogP contribution >= 0.6 is 11.6 Å². The van der Waals surface area contributed by atoms with E-state index in [2.05, 4.69) is 4.90 Å². The lowest BCUT2D eigenvalue weighted by Crippen LogP contribution is -2.40. The molecule has 2 aromatic rings. The summed E-state index contributed by atoms with van der Waals surface area (Å²) in [4.78, 5) is 14.1. The summed E-state index contributed by atoms with van der Waals surface area (Å²) in [6, 6.07) is 12.2. The first-order valence-corrected chi connectivity index (χ1v) is 10.5. The van der Waals surface area contributed by atoms with E-state index >= 15 is 0 Å². The van der Waals surface area contributed by atoms with Crippen molar-refractivity contribution in [2.24, 2.45) is 11.3 Å². The highest BCUT2D eigenvalue weighted by Crippen LogP contribution is 2.45. The van der Waals surface area contributed by atoms with Crippen molar-refractivity contribution >= 4 is 17.6 Å². The molecule has 2 aliphatic heterocycles. The van der Waals surface area contributed by atoms with E-state index in [1.165, 1.54) is 6.07 Å². The highest BCUT2D eigenvalue weighted by Gasteiger charge is 2.50. The Labute approximate surface area is 180 Å². The average Bonchev–Trinajstić information content (AvgIpc) is 3.06. The van der Waals surface area contributed by atoms with Crippen LogP contribution in [0.25, 0.3) is 0 Å². The van der Waals surface area contributed by atoms with Crippen molar-refractivity contribution < 1.29 is 23.8 Å². The van der Waals surface area contributed by atoms with E-state index in [4.69, 9.17) is 21.1 Å². The molecule has 2 aliphatic rings. The fourth-order valence-corrected chi connectivity index (χ4v) is 4.87. The van der Waals surface area contributed by atoms with Gasteiger partial charge in [-0.15, -0.1) is 0 Å². The van der Waals surface area contributed by atoms with Gasteiger partial charge in [0.25, 0.3) is 0 Å². The largest absolute Gasteiger partial charge is 0.488 e. The molecule has 1 N–H and O–H groups in total. The monoisotopic (exact) mass is 433 g/mol. The number of benzene rings is 2. The minimum Gasteiger partial charge on any atom is -0.488 e. The maximum Gasteiger partial charge on any atom is 0.308 e. The third-order valence-electron chi connectivity index (χ3n) is 6.31. The van der Waals surface area contributed by atoms with Crippen molar-refractivity contribution in [1.82, 2.24) is 4.90 Å². The molecule has 0 saturated carbocycles.